The van der Waals surface area contributed by atoms with Crippen LogP contribution in [0.15, 0.2) is 48.7 Å². The van der Waals surface area contributed by atoms with Gasteiger partial charge in [0.15, 0.2) is 0 Å². The van der Waals surface area contributed by atoms with Crippen LogP contribution < -0.4 is 5.32 Å². The van der Waals surface area contributed by atoms with Gasteiger partial charge in [-0.25, -0.2) is 0 Å². The lowest BCUT2D eigenvalue weighted by Crippen LogP contribution is -2.20. The fraction of sp³-hybridized carbons (Fsp3) is 0.312. The molecule has 2 rings (SSSR count). The lowest BCUT2D eigenvalue weighted by atomic mass is 10.1. The number of aryl methyl sites for hydroxylation is 1. The Kier molecular flexibility index (Phi) is 4.91. The van der Waals surface area contributed by atoms with Crippen LogP contribution >= 0.6 is 0 Å². The van der Waals surface area contributed by atoms with E-state index < -0.39 is 0 Å². The van der Waals surface area contributed by atoms with Crippen LogP contribution in [0.1, 0.15) is 16.8 Å². The molecule has 0 saturated carbocycles. The molecule has 18 heavy (non-hydrogen) atoms. The van der Waals surface area contributed by atoms with Crippen molar-refractivity contribution in [3.05, 3.63) is 65.5 Å². The zero-order chi connectivity index (χ0) is 12.6. The van der Waals surface area contributed by atoms with Crippen LogP contribution in [-0.4, -0.2) is 18.1 Å². The predicted molar refractivity (Wildman–Crippen MR) is 75.7 cm³/mol. The highest BCUT2D eigenvalue weighted by atomic mass is 14.8. The Balaban J connectivity index is 1.66. The summed E-state index contributed by atoms with van der Waals surface area (Å²) in [6.07, 6.45) is 3.94. The van der Waals surface area contributed by atoms with Crippen molar-refractivity contribution in [3.63, 3.8) is 0 Å². The van der Waals surface area contributed by atoms with E-state index in [0.29, 0.717) is 0 Å². The maximum Gasteiger partial charge on any atom is 0.0416 e. The van der Waals surface area contributed by atoms with E-state index in [1.165, 1.54) is 11.1 Å². The minimum atomic E-state index is 0.989. The summed E-state index contributed by atoms with van der Waals surface area (Å²) in [6.45, 7) is 4.18. The van der Waals surface area contributed by atoms with Crippen LogP contribution in [0.3, 0.4) is 0 Å². The highest BCUT2D eigenvalue weighted by Gasteiger charge is 1.97. The summed E-state index contributed by atoms with van der Waals surface area (Å²) >= 11 is 0. The molecule has 1 N–H and O–H groups in total. The molecule has 0 bridgehead atoms. The molecule has 0 atom stereocenters. The molecule has 0 aliphatic rings. The molecule has 2 aromatic rings. The van der Waals surface area contributed by atoms with Crippen molar-refractivity contribution < 1.29 is 0 Å². The number of aromatic nitrogens is 1. The van der Waals surface area contributed by atoms with Gasteiger partial charge in [0.05, 0.1) is 0 Å². The molecule has 0 unspecified atom stereocenters. The number of benzene rings is 1. The van der Waals surface area contributed by atoms with Crippen molar-refractivity contribution in [1.82, 2.24) is 10.3 Å². The van der Waals surface area contributed by atoms with Gasteiger partial charge < -0.3 is 5.32 Å². The Hall–Kier alpha value is -1.67. The average molecular weight is 240 g/mol. The fourth-order valence-electron chi connectivity index (χ4n) is 2.00. The molecule has 0 amide bonds. The largest absolute Gasteiger partial charge is 0.316 e. The molecule has 1 aromatic carbocycles. The molecule has 0 aliphatic heterocycles. The topological polar surface area (TPSA) is 24.9 Å². The van der Waals surface area contributed by atoms with Crippen molar-refractivity contribution in [2.45, 2.75) is 19.8 Å². The Labute approximate surface area is 109 Å². The Morgan fingerprint density at radius 2 is 1.72 bits per heavy atom. The number of hydrogen-bond donors (Lipinski definition) is 1. The third-order valence-electron chi connectivity index (χ3n) is 3.12. The molecular weight excluding hydrogens is 220 g/mol. The van der Waals surface area contributed by atoms with Crippen molar-refractivity contribution >= 4 is 0 Å². The first kappa shape index (κ1) is 12.8. The Bertz CT molecular complexity index is 466. The van der Waals surface area contributed by atoms with E-state index in [-0.39, 0.29) is 0 Å². The average Bonchev–Trinajstić information content (AvgIpc) is 2.42. The minimum Gasteiger partial charge on any atom is -0.316 e. The van der Waals surface area contributed by atoms with Crippen molar-refractivity contribution in [2.75, 3.05) is 13.1 Å². The summed E-state index contributed by atoms with van der Waals surface area (Å²) in [6, 6.07) is 14.6. The van der Waals surface area contributed by atoms with Gasteiger partial charge in [-0.1, -0.05) is 30.3 Å². The second-order valence-electron chi connectivity index (χ2n) is 4.50. The molecule has 2 heteroatoms. The maximum atomic E-state index is 4.31. The Morgan fingerprint density at radius 3 is 2.50 bits per heavy atom. The van der Waals surface area contributed by atoms with Crippen LogP contribution in [0.5, 0.6) is 0 Å². The van der Waals surface area contributed by atoms with Gasteiger partial charge in [0.2, 0.25) is 0 Å². The van der Waals surface area contributed by atoms with Gasteiger partial charge in [-0.05, 0) is 43.1 Å². The van der Waals surface area contributed by atoms with E-state index in [9.17, 15) is 0 Å². The van der Waals surface area contributed by atoms with Crippen LogP contribution in [0.2, 0.25) is 0 Å². The van der Waals surface area contributed by atoms with Gasteiger partial charge in [-0.15, -0.1) is 0 Å². The summed E-state index contributed by atoms with van der Waals surface area (Å²) in [7, 11) is 0. The smallest absolute Gasteiger partial charge is 0.0416 e. The van der Waals surface area contributed by atoms with Crippen LogP contribution in [0, 0.1) is 6.92 Å². The molecule has 0 fully saturated rings. The lowest BCUT2D eigenvalue weighted by Gasteiger charge is -2.07. The van der Waals surface area contributed by atoms with Crippen molar-refractivity contribution in [1.29, 1.82) is 0 Å². The molecule has 0 aliphatic carbocycles. The number of nitrogens with zero attached hydrogens (tertiary/aromatic N) is 1. The van der Waals surface area contributed by atoms with E-state index in [2.05, 4.69) is 47.6 Å². The number of nitrogens with one attached hydrogen (secondary N) is 1. The van der Waals surface area contributed by atoms with Gasteiger partial charge in [-0.3, -0.25) is 4.98 Å². The first-order valence-corrected chi connectivity index (χ1v) is 6.51. The molecule has 0 spiro atoms. The second-order valence-corrected chi connectivity index (χ2v) is 4.50. The first-order valence-electron chi connectivity index (χ1n) is 6.51. The van der Waals surface area contributed by atoms with Gasteiger partial charge in [-0.2, -0.15) is 0 Å². The molecule has 2 nitrogen and oxygen atoms in total. The summed E-state index contributed by atoms with van der Waals surface area (Å²) in [5, 5.41) is 3.47. The summed E-state index contributed by atoms with van der Waals surface area (Å²) in [4.78, 5) is 4.31. The quantitative estimate of drug-likeness (QED) is 0.785. The van der Waals surface area contributed by atoms with Crippen LogP contribution in [0.4, 0.5) is 0 Å². The summed E-state index contributed by atoms with van der Waals surface area (Å²) in [5.41, 5.74) is 3.97. The van der Waals surface area contributed by atoms with Gasteiger partial charge in [0.1, 0.15) is 0 Å². The van der Waals surface area contributed by atoms with Crippen LogP contribution in [-0.2, 0) is 12.8 Å². The van der Waals surface area contributed by atoms with E-state index in [4.69, 9.17) is 0 Å². The monoisotopic (exact) mass is 240 g/mol. The van der Waals surface area contributed by atoms with Crippen LogP contribution in [0.25, 0.3) is 0 Å². The normalized spacial score (nSPS) is 10.5. The molecule has 1 aromatic heterocycles. The maximum absolute atomic E-state index is 4.31. The molecule has 0 radical (unpaired) electrons. The van der Waals surface area contributed by atoms with E-state index in [0.717, 1.165) is 31.6 Å². The van der Waals surface area contributed by atoms with E-state index in [1.54, 1.807) is 0 Å². The van der Waals surface area contributed by atoms with Gasteiger partial charge in [0, 0.05) is 24.9 Å². The molecule has 1 heterocycles. The molecule has 0 saturated heterocycles. The zero-order valence-corrected chi connectivity index (χ0v) is 10.9. The Morgan fingerprint density at radius 1 is 0.944 bits per heavy atom. The summed E-state index contributed by atoms with van der Waals surface area (Å²) < 4.78 is 0. The minimum absolute atomic E-state index is 0.989. The fourth-order valence-corrected chi connectivity index (χ4v) is 2.00. The number of hydrogen-bond acceptors (Lipinski definition) is 2. The third-order valence-corrected chi connectivity index (χ3v) is 3.12. The number of pyridine rings is 1. The number of rotatable bonds is 6. The van der Waals surface area contributed by atoms with Gasteiger partial charge in [0.25, 0.3) is 0 Å². The zero-order valence-electron chi connectivity index (χ0n) is 10.9. The lowest BCUT2D eigenvalue weighted by molar-refractivity contribution is 0.674. The van der Waals surface area contributed by atoms with E-state index in [1.807, 2.05) is 18.3 Å². The van der Waals surface area contributed by atoms with Crippen molar-refractivity contribution in [2.24, 2.45) is 0 Å². The summed E-state index contributed by atoms with van der Waals surface area (Å²) in [5.74, 6) is 0. The third kappa shape index (κ3) is 3.97. The van der Waals surface area contributed by atoms with E-state index >= 15 is 0 Å². The highest BCUT2D eigenvalue weighted by molar-refractivity contribution is 5.25. The highest BCUT2D eigenvalue weighted by Crippen LogP contribution is 2.06. The van der Waals surface area contributed by atoms with Crippen molar-refractivity contribution in [3.8, 4) is 0 Å². The molecule has 94 valence electrons. The molecular formula is C16H20N2. The van der Waals surface area contributed by atoms with Gasteiger partial charge >= 0.3 is 0 Å². The first-order chi connectivity index (χ1) is 8.86. The standard InChI is InChI=1S/C16H20N2/c1-14-6-2-3-7-15(14)9-12-17-13-10-16-8-4-5-11-18-16/h2-8,11,17H,9-10,12-13H2,1H3. The second kappa shape index (κ2) is 6.92. The SMILES string of the molecule is Cc1ccccc1CCNCCc1ccccn1. The predicted octanol–water partition coefficient (Wildman–Crippen LogP) is 2.76.